The Morgan fingerprint density at radius 3 is 2.29 bits per heavy atom. The Labute approximate surface area is 142 Å². The van der Waals surface area contributed by atoms with Gasteiger partial charge in [-0.15, -0.1) is 0 Å². The van der Waals surface area contributed by atoms with Crippen molar-refractivity contribution in [2.45, 2.75) is 25.2 Å². The van der Waals surface area contributed by atoms with E-state index in [1.165, 1.54) is 0 Å². The molecule has 0 spiro atoms. The van der Waals surface area contributed by atoms with Crippen LogP contribution in [0.25, 0.3) is 0 Å². The van der Waals surface area contributed by atoms with Crippen LogP contribution in [0.1, 0.15) is 25.3 Å². The molecule has 1 fully saturated rings. The number of hydrogen-bond donors (Lipinski definition) is 2. The Kier molecular flexibility index (Phi) is 4.60. The number of hydrogen-bond acceptors (Lipinski definition) is 2. The monoisotopic (exact) mass is 328 g/mol. The lowest BCUT2D eigenvalue weighted by molar-refractivity contribution is -0.142. The van der Waals surface area contributed by atoms with Crippen molar-refractivity contribution < 1.29 is 14.7 Å². The predicted molar refractivity (Wildman–Crippen MR) is 91.8 cm³/mol. The SMILES string of the molecule is CC(CNC(=O)N1C[C@H]2CC=CC[C@H]2C1)(C(=O)O)c1ccccc1. The Balaban J connectivity index is 1.63. The van der Waals surface area contributed by atoms with Crippen LogP contribution in [0.15, 0.2) is 42.5 Å². The lowest BCUT2D eigenvalue weighted by Crippen LogP contribution is -2.48. The lowest BCUT2D eigenvalue weighted by Gasteiger charge is -2.27. The Bertz CT molecular complexity index is 627. The van der Waals surface area contributed by atoms with Gasteiger partial charge in [0.05, 0.1) is 0 Å². The van der Waals surface area contributed by atoms with E-state index in [1.807, 2.05) is 23.1 Å². The molecular weight excluding hydrogens is 304 g/mol. The minimum absolute atomic E-state index is 0.0786. The molecule has 1 heterocycles. The minimum Gasteiger partial charge on any atom is -0.481 e. The minimum atomic E-state index is -1.13. The first kappa shape index (κ1) is 16.6. The molecule has 1 aliphatic heterocycles. The second kappa shape index (κ2) is 6.67. The lowest BCUT2D eigenvalue weighted by atomic mass is 9.82. The number of allylic oxidation sites excluding steroid dienone is 2. The fourth-order valence-electron chi connectivity index (χ4n) is 3.65. The predicted octanol–water partition coefficient (Wildman–Crippen LogP) is 2.64. The van der Waals surface area contributed by atoms with Crippen molar-refractivity contribution in [3.05, 3.63) is 48.0 Å². The standard InChI is InChI=1S/C19H24N2O3/c1-19(17(22)23,16-9-3-2-4-10-16)13-20-18(24)21-11-14-7-5-6-8-15(14)12-21/h2-6,9-10,14-15H,7-8,11-13H2,1H3,(H,20,24)(H,22,23)/t14-,15+,19?. The highest BCUT2D eigenvalue weighted by atomic mass is 16.4. The molecule has 2 N–H and O–H groups in total. The molecule has 3 rings (SSSR count). The number of carbonyl (C=O) groups is 2. The normalized spacial score (nSPS) is 25.0. The molecule has 2 aliphatic rings. The number of carboxylic acid groups (broad SMARTS) is 1. The van der Waals surface area contributed by atoms with E-state index >= 15 is 0 Å². The molecular formula is C19H24N2O3. The highest BCUT2D eigenvalue weighted by Gasteiger charge is 2.38. The van der Waals surface area contributed by atoms with Crippen molar-refractivity contribution in [3.8, 4) is 0 Å². The number of benzene rings is 1. The van der Waals surface area contributed by atoms with Crippen LogP contribution in [0.4, 0.5) is 4.79 Å². The average molecular weight is 328 g/mol. The molecule has 0 aromatic heterocycles. The molecule has 1 saturated heterocycles. The van der Waals surface area contributed by atoms with E-state index in [4.69, 9.17) is 0 Å². The van der Waals surface area contributed by atoms with Crippen molar-refractivity contribution >= 4 is 12.0 Å². The highest BCUT2D eigenvalue weighted by molar-refractivity contribution is 5.83. The number of urea groups is 1. The van der Waals surface area contributed by atoms with Gasteiger partial charge in [0.1, 0.15) is 5.41 Å². The number of amides is 2. The first-order valence-electron chi connectivity index (χ1n) is 8.47. The zero-order valence-corrected chi connectivity index (χ0v) is 13.9. The van der Waals surface area contributed by atoms with Gasteiger partial charge in [0, 0.05) is 19.6 Å². The molecule has 1 unspecified atom stereocenters. The van der Waals surface area contributed by atoms with Gasteiger partial charge in [0.25, 0.3) is 0 Å². The van der Waals surface area contributed by atoms with E-state index in [2.05, 4.69) is 17.5 Å². The van der Waals surface area contributed by atoms with E-state index in [-0.39, 0.29) is 12.6 Å². The third-order valence-corrected chi connectivity index (χ3v) is 5.38. The van der Waals surface area contributed by atoms with Crippen molar-refractivity contribution in [1.82, 2.24) is 10.2 Å². The van der Waals surface area contributed by atoms with Crippen LogP contribution in [0.3, 0.4) is 0 Å². The Morgan fingerprint density at radius 1 is 1.17 bits per heavy atom. The molecule has 0 saturated carbocycles. The summed E-state index contributed by atoms with van der Waals surface area (Å²) in [5.41, 5.74) is -0.442. The quantitative estimate of drug-likeness (QED) is 0.835. The molecule has 3 atom stereocenters. The van der Waals surface area contributed by atoms with Crippen LogP contribution in [0.5, 0.6) is 0 Å². The van der Waals surface area contributed by atoms with Gasteiger partial charge < -0.3 is 15.3 Å². The number of carbonyl (C=O) groups excluding carboxylic acids is 1. The largest absolute Gasteiger partial charge is 0.481 e. The fraction of sp³-hybridized carbons (Fsp3) is 0.474. The number of carboxylic acids is 1. The third-order valence-electron chi connectivity index (χ3n) is 5.38. The zero-order valence-electron chi connectivity index (χ0n) is 13.9. The van der Waals surface area contributed by atoms with E-state index in [0.717, 1.165) is 25.9 Å². The topological polar surface area (TPSA) is 69.6 Å². The van der Waals surface area contributed by atoms with Crippen LogP contribution in [0.2, 0.25) is 0 Å². The number of rotatable bonds is 4. The van der Waals surface area contributed by atoms with Crippen LogP contribution in [-0.2, 0) is 10.2 Å². The molecule has 128 valence electrons. The van der Waals surface area contributed by atoms with E-state index in [1.54, 1.807) is 19.1 Å². The highest BCUT2D eigenvalue weighted by Crippen LogP contribution is 2.32. The maximum Gasteiger partial charge on any atom is 0.317 e. The molecule has 1 aromatic rings. The average Bonchev–Trinajstić information content (AvgIpc) is 3.04. The summed E-state index contributed by atoms with van der Waals surface area (Å²) in [5.74, 6) is 0.148. The second-order valence-corrected chi connectivity index (χ2v) is 7.03. The van der Waals surface area contributed by atoms with Crippen LogP contribution in [0, 0.1) is 11.8 Å². The Hall–Kier alpha value is -2.30. The van der Waals surface area contributed by atoms with Crippen molar-refractivity contribution in [3.63, 3.8) is 0 Å². The third kappa shape index (κ3) is 3.16. The Morgan fingerprint density at radius 2 is 1.75 bits per heavy atom. The van der Waals surface area contributed by atoms with Crippen molar-refractivity contribution in [2.75, 3.05) is 19.6 Å². The summed E-state index contributed by atoms with van der Waals surface area (Å²) in [7, 11) is 0. The number of fused-ring (bicyclic) bond motifs is 1. The smallest absolute Gasteiger partial charge is 0.317 e. The fourth-order valence-corrected chi connectivity index (χ4v) is 3.65. The summed E-state index contributed by atoms with van der Waals surface area (Å²) in [4.78, 5) is 26.1. The molecule has 1 aromatic carbocycles. The molecule has 5 heteroatoms. The summed E-state index contributed by atoms with van der Waals surface area (Å²) in [6, 6.07) is 8.90. The van der Waals surface area contributed by atoms with Gasteiger partial charge in [-0.1, -0.05) is 42.5 Å². The molecule has 0 radical (unpaired) electrons. The van der Waals surface area contributed by atoms with E-state index in [0.29, 0.717) is 17.4 Å². The maximum absolute atomic E-state index is 12.5. The first-order valence-corrected chi connectivity index (χ1v) is 8.47. The summed E-state index contributed by atoms with van der Waals surface area (Å²) >= 11 is 0. The van der Waals surface area contributed by atoms with Gasteiger partial charge in [-0.2, -0.15) is 0 Å². The molecule has 0 bridgehead atoms. The number of nitrogens with one attached hydrogen (secondary N) is 1. The maximum atomic E-state index is 12.5. The van der Waals surface area contributed by atoms with Gasteiger partial charge in [-0.3, -0.25) is 4.79 Å². The van der Waals surface area contributed by atoms with Gasteiger partial charge >= 0.3 is 12.0 Å². The first-order chi connectivity index (χ1) is 11.5. The molecule has 5 nitrogen and oxygen atoms in total. The molecule has 1 aliphatic carbocycles. The molecule has 24 heavy (non-hydrogen) atoms. The van der Waals surface area contributed by atoms with Crippen LogP contribution >= 0.6 is 0 Å². The van der Waals surface area contributed by atoms with E-state index in [9.17, 15) is 14.7 Å². The van der Waals surface area contributed by atoms with Crippen LogP contribution in [-0.4, -0.2) is 41.6 Å². The summed E-state index contributed by atoms with van der Waals surface area (Å²) in [6.07, 6.45) is 6.45. The van der Waals surface area contributed by atoms with Gasteiger partial charge in [0.15, 0.2) is 0 Å². The van der Waals surface area contributed by atoms with Crippen molar-refractivity contribution in [1.29, 1.82) is 0 Å². The van der Waals surface area contributed by atoms with Crippen LogP contribution < -0.4 is 5.32 Å². The number of likely N-dealkylation sites (tertiary alicyclic amines) is 1. The number of nitrogens with zero attached hydrogens (tertiary/aromatic N) is 1. The summed E-state index contributed by atoms with van der Waals surface area (Å²) in [5, 5.41) is 12.5. The summed E-state index contributed by atoms with van der Waals surface area (Å²) < 4.78 is 0. The van der Waals surface area contributed by atoms with Crippen molar-refractivity contribution in [2.24, 2.45) is 11.8 Å². The van der Waals surface area contributed by atoms with Gasteiger partial charge in [-0.05, 0) is 37.2 Å². The second-order valence-electron chi connectivity index (χ2n) is 7.03. The zero-order chi connectivity index (χ0) is 17.2. The van der Waals surface area contributed by atoms with Gasteiger partial charge in [-0.25, -0.2) is 4.79 Å². The van der Waals surface area contributed by atoms with E-state index < -0.39 is 11.4 Å². The number of aliphatic carboxylic acids is 1. The molecule has 2 amide bonds. The summed E-state index contributed by atoms with van der Waals surface area (Å²) in [6.45, 7) is 3.25. The van der Waals surface area contributed by atoms with Gasteiger partial charge in [0.2, 0.25) is 0 Å².